The first-order chi connectivity index (χ1) is 7.16. The summed E-state index contributed by atoms with van der Waals surface area (Å²) in [4.78, 5) is 20.4. The number of carbonyl (C=O) groups is 2. The third-order valence-corrected chi connectivity index (χ3v) is 1.72. The number of hydrogen-bond donors (Lipinski definition) is 1. The molecule has 0 radical (unpaired) electrons. The molecule has 0 aliphatic carbocycles. The van der Waals surface area contributed by atoms with Gasteiger partial charge in [-0.05, 0) is 31.3 Å². The molecule has 0 atom stereocenters. The van der Waals surface area contributed by atoms with Gasteiger partial charge in [-0.1, -0.05) is 41.2 Å². The number of rotatable bonds is 4. The van der Waals surface area contributed by atoms with Crippen molar-refractivity contribution in [2.24, 2.45) is 11.8 Å². The Bertz CT molecular complexity index is 250. The Morgan fingerprint density at radius 2 is 1.53 bits per heavy atom. The Hall–Kier alpha value is -1.12. The molecule has 0 heterocycles. The number of allylic oxidation sites excluding steroid dienone is 2. The van der Waals surface area contributed by atoms with Crippen molar-refractivity contribution < 1.29 is 14.7 Å². The molecule has 0 aromatic heterocycles. The van der Waals surface area contributed by atoms with Crippen molar-refractivity contribution in [3.8, 4) is 0 Å². The fourth-order valence-electron chi connectivity index (χ4n) is 0.967. The predicted molar refractivity (Wildman–Crippen MR) is 73.1 cm³/mol. The van der Waals surface area contributed by atoms with Crippen molar-refractivity contribution in [3.63, 3.8) is 0 Å². The van der Waals surface area contributed by atoms with Gasteiger partial charge in [0, 0.05) is 6.42 Å². The highest BCUT2D eigenvalue weighted by Crippen LogP contribution is 2.01. The maximum atomic E-state index is 10.6. The molecule has 0 fully saturated rings. The van der Waals surface area contributed by atoms with E-state index in [9.17, 15) is 9.59 Å². The van der Waals surface area contributed by atoms with Gasteiger partial charge in [0.2, 0.25) is 0 Å². The molecule has 1 N–H and O–H groups in total. The van der Waals surface area contributed by atoms with Crippen LogP contribution in [0.4, 0.5) is 0 Å². The van der Waals surface area contributed by atoms with Gasteiger partial charge >= 0.3 is 5.97 Å². The Labute approximate surface area is 106 Å². The Morgan fingerprint density at radius 3 is 1.59 bits per heavy atom. The minimum absolute atomic E-state index is 0. The lowest BCUT2D eigenvalue weighted by molar-refractivity contribution is -0.137. The molecule has 0 aromatic carbocycles. The number of carboxylic acids is 1. The summed E-state index contributed by atoms with van der Waals surface area (Å²) in [7, 11) is 0. The lowest BCUT2D eigenvalue weighted by atomic mass is 10.1. The molecule has 0 aliphatic heterocycles. The third-order valence-electron chi connectivity index (χ3n) is 1.72. The standard InChI is InChI=1S/C8H14O.C5H10O2.CH4/c1-6(2)5-7(3)8(4)9;1-4(2)3-5(6)7;/h5-6H,1-4H3;4H,3H2,1-2H3,(H,6,7);1H4/b7-5+;;. The fraction of sp³-hybridized carbons (Fsp3) is 0.714. The van der Waals surface area contributed by atoms with Gasteiger partial charge in [0.15, 0.2) is 5.78 Å². The van der Waals surface area contributed by atoms with Gasteiger partial charge < -0.3 is 5.11 Å². The molecule has 3 heteroatoms. The van der Waals surface area contributed by atoms with Crippen LogP contribution in [0.3, 0.4) is 0 Å². The number of ketones is 1. The molecule has 0 unspecified atom stereocenters. The van der Waals surface area contributed by atoms with Crippen molar-refractivity contribution in [2.45, 2.75) is 55.4 Å². The molecule has 0 bridgehead atoms. The number of carbonyl (C=O) groups excluding carboxylic acids is 1. The van der Waals surface area contributed by atoms with E-state index in [0.717, 1.165) is 5.57 Å². The zero-order valence-electron chi connectivity index (χ0n) is 11.2. The average molecular weight is 244 g/mol. The second kappa shape index (κ2) is 11.4. The van der Waals surface area contributed by atoms with E-state index in [1.54, 1.807) is 6.92 Å². The average Bonchev–Trinajstić information content (AvgIpc) is 2.00. The zero-order valence-corrected chi connectivity index (χ0v) is 11.2. The minimum Gasteiger partial charge on any atom is -0.481 e. The molecule has 0 saturated carbocycles. The molecule has 17 heavy (non-hydrogen) atoms. The maximum absolute atomic E-state index is 10.6. The molecule has 102 valence electrons. The molecule has 0 amide bonds. The molecule has 0 spiro atoms. The summed E-state index contributed by atoms with van der Waals surface area (Å²) in [5.74, 6) is 0.213. The zero-order chi connectivity index (χ0) is 13.3. The van der Waals surface area contributed by atoms with Crippen molar-refractivity contribution in [2.75, 3.05) is 0 Å². The molecule has 0 rings (SSSR count). The SMILES string of the molecule is C.CC(=O)/C(C)=C/C(C)C.CC(C)CC(=O)O. The first kappa shape index (κ1) is 21.2. The van der Waals surface area contributed by atoms with E-state index in [2.05, 4.69) is 13.8 Å². The van der Waals surface area contributed by atoms with Crippen LogP contribution in [0.5, 0.6) is 0 Å². The maximum Gasteiger partial charge on any atom is 0.303 e. The molecule has 0 aromatic rings. The van der Waals surface area contributed by atoms with E-state index in [1.165, 1.54) is 0 Å². The van der Waals surface area contributed by atoms with Gasteiger partial charge in [0.05, 0.1) is 0 Å². The van der Waals surface area contributed by atoms with Crippen molar-refractivity contribution in [1.29, 1.82) is 0 Å². The molecular weight excluding hydrogens is 216 g/mol. The van der Waals surface area contributed by atoms with Gasteiger partial charge in [-0.3, -0.25) is 9.59 Å². The van der Waals surface area contributed by atoms with E-state index < -0.39 is 5.97 Å². The van der Waals surface area contributed by atoms with E-state index >= 15 is 0 Å². The van der Waals surface area contributed by atoms with Crippen LogP contribution in [-0.4, -0.2) is 16.9 Å². The van der Waals surface area contributed by atoms with Crippen LogP contribution >= 0.6 is 0 Å². The molecule has 0 saturated heterocycles. The summed E-state index contributed by atoms with van der Waals surface area (Å²) in [6.07, 6.45) is 2.25. The topological polar surface area (TPSA) is 54.4 Å². The van der Waals surface area contributed by atoms with Gasteiger partial charge in [-0.15, -0.1) is 0 Å². The fourth-order valence-corrected chi connectivity index (χ4v) is 0.967. The van der Waals surface area contributed by atoms with Gasteiger partial charge in [0.25, 0.3) is 0 Å². The highest BCUT2D eigenvalue weighted by molar-refractivity contribution is 5.92. The number of hydrogen-bond acceptors (Lipinski definition) is 2. The van der Waals surface area contributed by atoms with Crippen LogP contribution in [0.2, 0.25) is 0 Å². The summed E-state index contributed by atoms with van der Waals surface area (Å²) >= 11 is 0. The monoisotopic (exact) mass is 244 g/mol. The highest BCUT2D eigenvalue weighted by atomic mass is 16.4. The van der Waals surface area contributed by atoms with Crippen molar-refractivity contribution in [3.05, 3.63) is 11.6 Å². The van der Waals surface area contributed by atoms with Crippen LogP contribution in [0, 0.1) is 11.8 Å². The highest BCUT2D eigenvalue weighted by Gasteiger charge is 1.98. The predicted octanol–water partition coefficient (Wildman–Crippen LogP) is 3.93. The first-order valence-electron chi connectivity index (χ1n) is 5.58. The quantitative estimate of drug-likeness (QED) is 0.762. The van der Waals surface area contributed by atoms with Gasteiger partial charge in [-0.2, -0.15) is 0 Å². The van der Waals surface area contributed by atoms with Gasteiger partial charge in [0.1, 0.15) is 0 Å². The summed E-state index contributed by atoms with van der Waals surface area (Å²) in [6.45, 7) is 11.3. The Morgan fingerprint density at radius 1 is 1.12 bits per heavy atom. The lowest BCUT2D eigenvalue weighted by Crippen LogP contribution is -1.99. The first-order valence-corrected chi connectivity index (χ1v) is 5.58. The summed E-state index contributed by atoms with van der Waals surface area (Å²) in [6, 6.07) is 0. The second-order valence-electron chi connectivity index (χ2n) is 4.64. The van der Waals surface area contributed by atoms with Crippen LogP contribution in [-0.2, 0) is 9.59 Å². The van der Waals surface area contributed by atoms with Crippen molar-refractivity contribution in [1.82, 2.24) is 0 Å². The van der Waals surface area contributed by atoms with Crippen molar-refractivity contribution >= 4 is 11.8 Å². The molecule has 3 nitrogen and oxygen atoms in total. The van der Waals surface area contributed by atoms with E-state index in [0.29, 0.717) is 5.92 Å². The largest absolute Gasteiger partial charge is 0.481 e. The third kappa shape index (κ3) is 20.9. The normalized spacial score (nSPS) is 10.5. The number of Topliss-reactive ketones (excluding diaryl/α,β-unsaturated/α-hetero) is 1. The van der Waals surface area contributed by atoms with Gasteiger partial charge in [-0.25, -0.2) is 0 Å². The number of aliphatic carboxylic acids is 1. The Kier molecular flexibility index (Phi) is 14.2. The van der Waals surface area contributed by atoms with E-state index in [1.807, 2.05) is 26.8 Å². The Balaban J connectivity index is -0.000000224. The molecule has 0 aliphatic rings. The van der Waals surface area contributed by atoms with E-state index in [-0.39, 0.29) is 25.5 Å². The summed E-state index contributed by atoms with van der Waals surface area (Å²) < 4.78 is 0. The van der Waals surface area contributed by atoms with Crippen LogP contribution < -0.4 is 0 Å². The van der Waals surface area contributed by atoms with Crippen LogP contribution in [0.15, 0.2) is 11.6 Å². The minimum atomic E-state index is -0.713. The molecular formula is C14H28O3. The lowest BCUT2D eigenvalue weighted by Gasteiger charge is -1.96. The second-order valence-corrected chi connectivity index (χ2v) is 4.64. The smallest absolute Gasteiger partial charge is 0.303 e. The van der Waals surface area contributed by atoms with Crippen LogP contribution in [0.25, 0.3) is 0 Å². The summed E-state index contributed by atoms with van der Waals surface area (Å²) in [5, 5.41) is 8.08. The number of carboxylic acid groups (broad SMARTS) is 1. The van der Waals surface area contributed by atoms with Crippen LogP contribution in [0.1, 0.15) is 55.4 Å². The summed E-state index contributed by atoms with van der Waals surface area (Å²) in [5.41, 5.74) is 0.866. The van der Waals surface area contributed by atoms with E-state index in [4.69, 9.17) is 5.11 Å².